The normalized spacial score (nSPS) is 16.9. The third-order valence-electron chi connectivity index (χ3n) is 3.84. The van der Waals surface area contributed by atoms with Gasteiger partial charge in [0.1, 0.15) is 0 Å². The number of benzene rings is 1. The van der Waals surface area contributed by atoms with Crippen molar-refractivity contribution in [3.05, 3.63) is 28.2 Å². The van der Waals surface area contributed by atoms with E-state index in [1.807, 2.05) is 0 Å². The van der Waals surface area contributed by atoms with E-state index in [0.717, 1.165) is 39.0 Å². The van der Waals surface area contributed by atoms with Crippen LogP contribution in [0.5, 0.6) is 0 Å². The molecular weight excluding hydrogens is 304 g/mol. The van der Waals surface area contributed by atoms with Gasteiger partial charge in [0.2, 0.25) is 0 Å². The lowest BCUT2D eigenvalue weighted by Gasteiger charge is -2.33. The zero-order chi connectivity index (χ0) is 13.7. The molecule has 0 unspecified atom stereocenters. The number of nitrogens with one attached hydrogen (secondary N) is 1. The van der Waals surface area contributed by atoms with Crippen LogP contribution in [0.15, 0.2) is 22.7 Å². The van der Waals surface area contributed by atoms with Crippen LogP contribution in [-0.4, -0.2) is 31.3 Å². The second-order valence-electron chi connectivity index (χ2n) is 5.17. The van der Waals surface area contributed by atoms with Gasteiger partial charge in [-0.15, -0.1) is 0 Å². The highest BCUT2D eigenvalue weighted by Gasteiger charge is 2.19. The fraction of sp³-hybridized carbons (Fsp3) is 0.600. The number of aliphatic hydroxyl groups is 1. The molecule has 1 aromatic carbocycles. The van der Waals surface area contributed by atoms with Gasteiger partial charge in [0.05, 0.1) is 0 Å². The van der Waals surface area contributed by atoms with Crippen molar-refractivity contribution >= 4 is 21.6 Å². The maximum absolute atomic E-state index is 9.18. The molecule has 2 N–H and O–H groups in total. The minimum absolute atomic E-state index is 0.332. The minimum Gasteiger partial charge on any atom is -0.396 e. The summed E-state index contributed by atoms with van der Waals surface area (Å²) in [7, 11) is 0. The number of aliphatic hydroxyl groups excluding tert-OH is 1. The van der Waals surface area contributed by atoms with Crippen LogP contribution in [-0.2, 0) is 6.54 Å². The summed E-state index contributed by atoms with van der Waals surface area (Å²) in [5.74, 6) is 0.493. The highest BCUT2D eigenvalue weighted by Crippen LogP contribution is 2.27. The smallest absolute Gasteiger partial charge is 0.0460 e. The summed E-state index contributed by atoms with van der Waals surface area (Å²) in [6.07, 6.45) is 2.18. The van der Waals surface area contributed by atoms with E-state index in [2.05, 4.69) is 51.3 Å². The monoisotopic (exact) mass is 326 g/mol. The molecule has 3 nitrogen and oxygen atoms in total. The van der Waals surface area contributed by atoms with Gasteiger partial charge in [0.25, 0.3) is 0 Å². The molecule has 4 heteroatoms. The van der Waals surface area contributed by atoms with Crippen LogP contribution in [0, 0.1) is 5.92 Å². The van der Waals surface area contributed by atoms with Crippen LogP contribution < -0.4 is 10.2 Å². The Bertz CT molecular complexity index is 403. The fourth-order valence-electron chi connectivity index (χ4n) is 2.51. The van der Waals surface area contributed by atoms with Crippen molar-refractivity contribution in [3.63, 3.8) is 0 Å². The number of anilines is 1. The van der Waals surface area contributed by atoms with E-state index in [9.17, 15) is 5.11 Å². The summed E-state index contributed by atoms with van der Waals surface area (Å²) in [5, 5.41) is 12.5. The number of nitrogens with zero attached hydrogens (tertiary/aromatic N) is 1. The van der Waals surface area contributed by atoms with Crippen molar-refractivity contribution in [3.8, 4) is 0 Å². The fourth-order valence-corrected chi connectivity index (χ4v) is 3.02. The second-order valence-corrected chi connectivity index (χ2v) is 6.02. The average Bonchev–Trinajstić information content (AvgIpc) is 2.46. The average molecular weight is 327 g/mol. The van der Waals surface area contributed by atoms with Gasteiger partial charge in [0.15, 0.2) is 0 Å². The Labute approximate surface area is 124 Å². The van der Waals surface area contributed by atoms with Crippen LogP contribution in [0.2, 0.25) is 0 Å². The van der Waals surface area contributed by atoms with E-state index >= 15 is 0 Å². The van der Waals surface area contributed by atoms with Crippen molar-refractivity contribution in [2.45, 2.75) is 26.3 Å². The summed E-state index contributed by atoms with van der Waals surface area (Å²) in [6, 6.07) is 6.61. The summed E-state index contributed by atoms with van der Waals surface area (Å²) >= 11 is 3.66. The van der Waals surface area contributed by atoms with Crippen LogP contribution >= 0.6 is 15.9 Å². The first kappa shape index (κ1) is 14.8. The van der Waals surface area contributed by atoms with Crippen molar-refractivity contribution in [2.75, 3.05) is 31.1 Å². The molecule has 0 amide bonds. The standard InChI is InChI=1S/C15H23BrN2O/c1-2-17-10-13-3-4-14(9-15(13)16)18-7-5-12(11-19)6-8-18/h3-4,9,12,17,19H,2,5-8,10-11H2,1H3. The maximum Gasteiger partial charge on any atom is 0.0460 e. The predicted octanol–water partition coefficient (Wildman–Crippen LogP) is 2.77. The molecule has 1 saturated heterocycles. The third kappa shape index (κ3) is 3.94. The quantitative estimate of drug-likeness (QED) is 0.873. The highest BCUT2D eigenvalue weighted by molar-refractivity contribution is 9.10. The Morgan fingerprint density at radius 1 is 1.37 bits per heavy atom. The van der Waals surface area contributed by atoms with Gasteiger partial charge in [-0.25, -0.2) is 0 Å². The lowest BCUT2D eigenvalue weighted by atomic mass is 9.97. The number of hydrogen-bond acceptors (Lipinski definition) is 3. The molecular formula is C15H23BrN2O. The van der Waals surface area contributed by atoms with Crippen molar-refractivity contribution in [1.29, 1.82) is 0 Å². The lowest BCUT2D eigenvalue weighted by molar-refractivity contribution is 0.203. The Balaban J connectivity index is 1.99. The molecule has 1 aliphatic heterocycles. The van der Waals surface area contributed by atoms with Gasteiger partial charge < -0.3 is 15.3 Å². The molecule has 19 heavy (non-hydrogen) atoms. The van der Waals surface area contributed by atoms with E-state index in [4.69, 9.17) is 0 Å². The summed E-state index contributed by atoms with van der Waals surface area (Å²) < 4.78 is 1.18. The van der Waals surface area contributed by atoms with Gasteiger partial charge in [-0.2, -0.15) is 0 Å². The topological polar surface area (TPSA) is 35.5 Å². The molecule has 106 valence electrons. The summed E-state index contributed by atoms with van der Waals surface area (Å²) in [5.41, 5.74) is 2.58. The zero-order valence-electron chi connectivity index (χ0n) is 11.5. The molecule has 0 aliphatic carbocycles. The molecule has 0 aromatic heterocycles. The molecule has 1 fully saturated rings. The van der Waals surface area contributed by atoms with Crippen LogP contribution in [0.25, 0.3) is 0 Å². The van der Waals surface area contributed by atoms with E-state index in [0.29, 0.717) is 12.5 Å². The van der Waals surface area contributed by atoms with Gasteiger partial charge >= 0.3 is 0 Å². The SMILES string of the molecule is CCNCc1ccc(N2CCC(CO)CC2)cc1Br. The molecule has 0 atom stereocenters. The Morgan fingerprint density at radius 2 is 2.11 bits per heavy atom. The summed E-state index contributed by atoms with van der Waals surface area (Å²) in [4.78, 5) is 2.41. The first-order valence-corrected chi connectivity index (χ1v) is 7.88. The molecule has 0 saturated carbocycles. The predicted molar refractivity (Wildman–Crippen MR) is 83.5 cm³/mol. The molecule has 1 aromatic rings. The minimum atomic E-state index is 0.332. The number of piperidine rings is 1. The lowest BCUT2D eigenvalue weighted by Crippen LogP contribution is -2.34. The largest absolute Gasteiger partial charge is 0.396 e. The van der Waals surface area contributed by atoms with Crippen molar-refractivity contribution < 1.29 is 5.11 Å². The third-order valence-corrected chi connectivity index (χ3v) is 4.58. The highest BCUT2D eigenvalue weighted by atomic mass is 79.9. The maximum atomic E-state index is 9.18. The molecule has 0 spiro atoms. The van der Waals surface area contributed by atoms with Crippen LogP contribution in [0.1, 0.15) is 25.3 Å². The molecule has 1 heterocycles. The van der Waals surface area contributed by atoms with Crippen molar-refractivity contribution in [2.24, 2.45) is 5.92 Å². The van der Waals surface area contributed by atoms with Crippen LogP contribution in [0.3, 0.4) is 0 Å². The van der Waals surface area contributed by atoms with E-state index in [1.165, 1.54) is 15.7 Å². The molecule has 0 radical (unpaired) electrons. The van der Waals surface area contributed by atoms with Gasteiger partial charge in [-0.3, -0.25) is 0 Å². The zero-order valence-corrected chi connectivity index (χ0v) is 13.1. The Hall–Kier alpha value is -0.580. The number of rotatable bonds is 5. The van der Waals surface area contributed by atoms with E-state index in [-0.39, 0.29) is 0 Å². The van der Waals surface area contributed by atoms with E-state index in [1.54, 1.807) is 0 Å². The second kappa shape index (κ2) is 7.27. The van der Waals surface area contributed by atoms with Gasteiger partial charge in [-0.05, 0) is 43.0 Å². The number of hydrogen-bond donors (Lipinski definition) is 2. The van der Waals surface area contributed by atoms with E-state index < -0.39 is 0 Å². The number of halogens is 1. The first-order valence-electron chi connectivity index (χ1n) is 7.09. The van der Waals surface area contributed by atoms with Gasteiger partial charge in [0, 0.05) is 36.4 Å². The molecule has 0 bridgehead atoms. The Morgan fingerprint density at radius 3 is 2.68 bits per heavy atom. The van der Waals surface area contributed by atoms with Gasteiger partial charge in [-0.1, -0.05) is 28.9 Å². The van der Waals surface area contributed by atoms with Crippen LogP contribution in [0.4, 0.5) is 5.69 Å². The molecule has 1 aliphatic rings. The molecule has 2 rings (SSSR count). The van der Waals surface area contributed by atoms with Crippen molar-refractivity contribution in [1.82, 2.24) is 5.32 Å². The first-order chi connectivity index (χ1) is 9.24. The Kier molecular flexibility index (Phi) is 5.67. The summed E-state index contributed by atoms with van der Waals surface area (Å²) in [6.45, 7) is 6.44.